The van der Waals surface area contributed by atoms with E-state index in [0.29, 0.717) is 13.1 Å². The van der Waals surface area contributed by atoms with E-state index in [4.69, 9.17) is 0 Å². The molecule has 2 amide bonds. The molecule has 0 radical (unpaired) electrons. The summed E-state index contributed by atoms with van der Waals surface area (Å²) in [6.07, 6.45) is -3.67. The summed E-state index contributed by atoms with van der Waals surface area (Å²) in [7, 11) is 0. The third kappa shape index (κ3) is 3.74. The molecule has 148 valence electrons. The maximum atomic E-state index is 12.9. The molecule has 28 heavy (non-hydrogen) atoms. The first-order chi connectivity index (χ1) is 13.2. The van der Waals surface area contributed by atoms with Crippen LogP contribution in [0.25, 0.3) is 0 Å². The van der Waals surface area contributed by atoms with E-state index in [1.54, 1.807) is 11.8 Å². The number of halogens is 3. The molecule has 1 heterocycles. The van der Waals surface area contributed by atoms with Gasteiger partial charge in [-0.1, -0.05) is 25.1 Å². The van der Waals surface area contributed by atoms with Crippen molar-refractivity contribution in [2.45, 2.75) is 32.5 Å². The Kier molecular flexibility index (Phi) is 5.45. The van der Waals surface area contributed by atoms with Gasteiger partial charge in [-0.05, 0) is 49.2 Å². The minimum Gasteiger partial charge on any atom is -0.325 e. The van der Waals surface area contributed by atoms with Crippen LogP contribution in [0, 0.1) is 0 Å². The highest BCUT2D eigenvalue weighted by Crippen LogP contribution is 2.30. The highest BCUT2D eigenvalue weighted by molar-refractivity contribution is 6.03. The molecule has 0 aliphatic carbocycles. The lowest BCUT2D eigenvalue weighted by molar-refractivity contribution is -0.137. The molecule has 1 aliphatic heterocycles. The summed E-state index contributed by atoms with van der Waals surface area (Å²) in [5.74, 6) is -0.648. The smallest absolute Gasteiger partial charge is 0.325 e. The van der Waals surface area contributed by atoms with Gasteiger partial charge in [0.05, 0.1) is 5.56 Å². The highest BCUT2D eigenvalue weighted by Gasteiger charge is 2.36. The molecule has 7 heteroatoms. The van der Waals surface area contributed by atoms with Gasteiger partial charge in [-0.3, -0.25) is 9.59 Å². The molecule has 2 aromatic rings. The van der Waals surface area contributed by atoms with Gasteiger partial charge in [-0.15, -0.1) is 0 Å². The van der Waals surface area contributed by atoms with Crippen molar-refractivity contribution in [1.29, 1.82) is 0 Å². The average molecular weight is 390 g/mol. The predicted molar refractivity (Wildman–Crippen MR) is 100 cm³/mol. The van der Waals surface area contributed by atoms with E-state index in [1.165, 1.54) is 4.90 Å². The average Bonchev–Trinajstić information content (AvgIpc) is 2.69. The van der Waals surface area contributed by atoms with Gasteiger partial charge in [0.2, 0.25) is 5.91 Å². The number of piperazine rings is 1. The number of carbonyl (C=O) groups is 2. The molecular weight excluding hydrogens is 369 g/mol. The molecule has 1 unspecified atom stereocenters. The van der Waals surface area contributed by atoms with Crippen LogP contribution in [-0.2, 0) is 17.4 Å². The van der Waals surface area contributed by atoms with Crippen LogP contribution in [0.4, 0.5) is 18.9 Å². The van der Waals surface area contributed by atoms with Crippen molar-refractivity contribution in [2.75, 3.05) is 18.0 Å². The molecule has 0 N–H and O–H groups in total. The van der Waals surface area contributed by atoms with Crippen LogP contribution in [0.5, 0.6) is 0 Å². The van der Waals surface area contributed by atoms with Crippen molar-refractivity contribution in [3.63, 3.8) is 0 Å². The maximum Gasteiger partial charge on any atom is 0.416 e. The number of rotatable bonds is 3. The van der Waals surface area contributed by atoms with Crippen LogP contribution in [0.1, 0.15) is 35.3 Å². The van der Waals surface area contributed by atoms with Gasteiger partial charge >= 0.3 is 6.18 Å². The second kappa shape index (κ2) is 7.66. The third-order valence-electron chi connectivity index (χ3n) is 5.04. The summed E-state index contributed by atoms with van der Waals surface area (Å²) >= 11 is 0. The van der Waals surface area contributed by atoms with Crippen LogP contribution in [0.2, 0.25) is 0 Å². The second-order valence-corrected chi connectivity index (χ2v) is 6.72. The van der Waals surface area contributed by atoms with Gasteiger partial charge < -0.3 is 9.80 Å². The zero-order valence-corrected chi connectivity index (χ0v) is 15.7. The quantitative estimate of drug-likeness (QED) is 0.790. The number of carbonyl (C=O) groups excluding carboxylic acids is 2. The van der Waals surface area contributed by atoms with Crippen LogP contribution >= 0.6 is 0 Å². The van der Waals surface area contributed by atoms with Crippen LogP contribution in [0.3, 0.4) is 0 Å². The van der Waals surface area contributed by atoms with Gasteiger partial charge in [0.25, 0.3) is 5.91 Å². The summed E-state index contributed by atoms with van der Waals surface area (Å²) in [5.41, 5.74) is 1.21. The van der Waals surface area contributed by atoms with Crippen molar-refractivity contribution in [3.8, 4) is 0 Å². The normalized spacial score (nSPS) is 17.8. The molecule has 4 nitrogen and oxygen atoms in total. The number of alkyl halides is 3. The number of nitrogens with zero attached hydrogens (tertiary/aromatic N) is 2. The fraction of sp³-hybridized carbons (Fsp3) is 0.333. The Bertz CT molecular complexity index is 878. The first kappa shape index (κ1) is 19.9. The van der Waals surface area contributed by atoms with Gasteiger partial charge in [0.15, 0.2) is 0 Å². The van der Waals surface area contributed by atoms with Crippen LogP contribution in [0.15, 0.2) is 48.5 Å². The van der Waals surface area contributed by atoms with Gasteiger partial charge in [0, 0.05) is 24.3 Å². The monoisotopic (exact) mass is 390 g/mol. The van der Waals surface area contributed by atoms with Crippen molar-refractivity contribution in [3.05, 3.63) is 65.2 Å². The fourth-order valence-corrected chi connectivity index (χ4v) is 3.43. The number of anilines is 1. The van der Waals surface area contributed by atoms with Crippen molar-refractivity contribution >= 4 is 17.5 Å². The van der Waals surface area contributed by atoms with E-state index < -0.39 is 23.7 Å². The van der Waals surface area contributed by atoms with Gasteiger partial charge in [-0.25, -0.2) is 0 Å². The SMILES string of the molecule is CCc1ccccc1N1CCN(C(=O)c2ccc(C(F)(F)F)cc2)C(C)C1=O. The van der Waals surface area contributed by atoms with E-state index in [1.807, 2.05) is 31.2 Å². The summed E-state index contributed by atoms with van der Waals surface area (Å²) < 4.78 is 38.1. The predicted octanol–water partition coefficient (Wildman–Crippen LogP) is 4.15. The fourth-order valence-electron chi connectivity index (χ4n) is 3.43. The molecule has 0 spiro atoms. The Balaban J connectivity index is 1.79. The third-order valence-corrected chi connectivity index (χ3v) is 5.04. The summed E-state index contributed by atoms with van der Waals surface area (Å²) in [6.45, 7) is 4.31. The molecule has 1 fully saturated rings. The number of amides is 2. The Morgan fingerprint density at radius 3 is 2.32 bits per heavy atom. The van der Waals surface area contributed by atoms with E-state index in [-0.39, 0.29) is 11.5 Å². The van der Waals surface area contributed by atoms with E-state index in [2.05, 4.69) is 0 Å². The molecule has 1 atom stereocenters. The first-order valence-electron chi connectivity index (χ1n) is 9.11. The van der Waals surface area contributed by atoms with Crippen LogP contribution in [-0.4, -0.2) is 35.8 Å². The molecular formula is C21H21F3N2O2. The number of benzene rings is 2. The van der Waals surface area contributed by atoms with E-state index in [9.17, 15) is 22.8 Å². The Labute approximate surface area is 161 Å². The van der Waals surface area contributed by atoms with Crippen molar-refractivity contribution in [1.82, 2.24) is 4.90 Å². The summed E-state index contributed by atoms with van der Waals surface area (Å²) in [4.78, 5) is 28.8. The first-order valence-corrected chi connectivity index (χ1v) is 9.11. The molecule has 0 saturated carbocycles. The number of aryl methyl sites for hydroxylation is 1. The van der Waals surface area contributed by atoms with Crippen LogP contribution < -0.4 is 4.90 Å². The van der Waals surface area contributed by atoms with Crippen molar-refractivity contribution < 1.29 is 22.8 Å². The number of hydrogen-bond acceptors (Lipinski definition) is 2. The Hall–Kier alpha value is -2.83. The number of para-hydroxylation sites is 1. The molecule has 3 rings (SSSR count). The largest absolute Gasteiger partial charge is 0.416 e. The minimum atomic E-state index is -4.46. The maximum absolute atomic E-state index is 12.9. The molecule has 0 aromatic heterocycles. The Morgan fingerprint density at radius 2 is 1.71 bits per heavy atom. The van der Waals surface area contributed by atoms with E-state index >= 15 is 0 Å². The molecule has 2 aromatic carbocycles. The second-order valence-electron chi connectivity index (χ2n) is 6.72. The summed E-state index contributed by atoms with van der Waals surface area (Å²) in [6, 6.07) is 11.0. The van der Waals surface area contributed by atoms with Gasteiger partial charge in [0.1, 0.15) is 6.04 Å². The lowest BCUT2D eigenvalue weighted by Gasteiger charge is -2.39. The molecule has 0 bridgehead atoms. The summed E-state index contributed by atoms with van der Waals surface area (Å²) in [5, 5.41) is 0. The van der Waals surface area contributed by atoms with Gasteiger partial charge in [-0.2, -0.15) is 13.2 Å². The zero-order valence-electron chi connectivity index (χ0n) is 15.7. The molecule has 1 saturated heterocycles. The highest BCUT2D eigenvalue weighted by atomic mass is 19.4. The minimum absolute atomic E-state index is 0.134. The zero-order chi connectivity index (χ0) is 20.5. The lowest BCUT2D eigenvalue weighted by Crippen LogP contribution is -2.58. The van der Waals surface area contributed by atoms with Crippen molar-refractivity contribution in [2.24, 2.45) is 0 Å². The standard InChI is InChI=1S/C21H21F3N2O2/c1-3-15-6-4-5-7-18(15)26-13-12-25(14(2)19(26)27)20(28)16-8-10-17(11-9-16)21(22,23)24/h4-11,14H,3,12-13H2,1-2H3. The number of hydrogen-bond donors (Lipinski definition) is 0. The molecule has 1 aliphatic rings. The Morgan fingerprint density at radius 1 is 1.07 bits per heavy atom. The lowest BCUT2D eigenvalue weighted by atomic mass is 10.0. The topological polar surface area (TPSA) is 40.6 Å². The van der Waals surface area contributed by atoms with E-state index in [0.717, 1.165) is 41.9 Å².